The minimum atomic E-state index is -0.250. The first-order valence-electron chi connectivity index (χ1n) is 10.1. The van der Waals surface area contributed by atoms with E-state index in [1.54, 1.807) is 7.05 Å². The van der Waals surface area contributed by atoms with Gasteiger partial charge in [-0.05, 0) is 37.8 Å². The number of piperidine rings is 1. The minimum absolute atomic E-state index is 0.164. The Morgan fingerprint density at radius 1 is 1.32 bits per heavy atom. The maximum Gasteiger partial charge on any atom is 0.290 e. The van der Waals surface area contributed by atoms with Gasteiger partial charge >= 0.3 is 0 Å². The number of carboxylic acid groups (broad SMARTS) is 1. The van der Waals surface area contributed by atoms with Crippen LogP contribution in [0.5, 0.6) is 0 Å². The number of pyridine rings is 1. The summed E-state index contributed by atoms with van der Waals surface area (Å²) in [6, 6.07) is 10.5. The second-order valence-electron chi connectivity index (χ2n) is 7.51. The third kappa shape index (κ3) is 5.32. The molecule has 164 valence electrons. The van der Waals surface area contributed by atoms with Crippen molar-refractivity contribution < 1.29 is 14.7 Å². The number of nitrogens with zero attached hydrogens (tertiary/aromatic N) is 4. The van der Waals surface area contributed by atoms with Crippen molar-refractivity contribution in [2.24, 2.45) is 13.0 Å². The summed E-state index contributed by atoms with van der Waals surface area (Å²) in [5.41, 5.74) is 3.75. The van der Waals surface area contributed by atoms with Crippen molar-refractivity contribution in [1.29, 1.82) is 0 Å². The van der Waals surface area contributed by atoms with Gasteiger partial charge in [-0.3, -0.25) is 19.3 Å². The van der Waals surface area contributed by atoms with Crippen LogP contribution in [0.3, 0.4) is 0 Å². The van der Waals surface area contributed by atoms with Gasteiger partial charge in [-0.25, -0.2) is 0 Å². The van der Waals surface area contributed by atoms with E-state index in [-0.39, 0.29) is 12.4 Å². The number of aromatic nitrogens is 3. The van der Waals surface area contributed by atoms with Gasteiger partial charge in [-0.2, -0.15) is 5.10 Å². The molecule has 0 saturated carbocycles. The van der Waals surface area contributed by atoms with Gasteiger partial charge in [0.1, 0.15) is 5.69 Å². The lowest BCUT2D eigenvalue weighted by Gasteiger charge is -2.34. The van der Waals surface area contributed by atoms with Crippen LogP contribution in [-0.4, -0.2) is 51.9 Å². The number of amides is 1. The Kier molecular flexibility index (Phi) is 7.46. The molecule has 1 aliphatic heterocycles. The summed E-state index contributed by atoms with van der Waals surface area (Å²) in [6.45, 7) is 4.40. The summed E-state index contributed by atoms with van der Waals surface area (Å²) in [6.07, 6.45) is 3.57. The van der Waals surface area contributed by atoms with E-state index in [0.717, 1.165) is 37.1 Å². The highest BCUT2D eigenvalue weighted by Gasteiger charge is 2.23. The number of carbonyl (C=O) groups excluding carboxylic acids is 1. The van der Waals surface area contributed by atoms with E-state index < -0.39 is 0 Å². The largest absolute Gasteiger partial charge is 0.483 e. The van der Waals surface area contributed by atoms with Gasteiger partial charge in [0, 0.05) is 43.4 Å². The number of benzene rings is 1. The lowest BCUT2D eigenvalue weighted by Crippen LogP contribution is -2.39. The number of para-hydroxylation sites is 1. The molecular weight excluding hydrogens is 418 g/mol. The molecule has 1 aromatic carbocycles. The number of nitrogens with one attached hydrogen (secondary N) is 1. The zero-order valence-corrected chi connectivity index (χ0v) is 18.3. The van der Waals surface area contributed by atoms with Crippen LogP contribution in [0.2, 0.25) is 5.02 Å². The smallest absolute Gasteiger partial charge is 0.290 e. The van der Waals surface area contributed by atoms with Crippen molar-refractivity contribution in [2.45, 2.75) is 19.8 Å². The van der Waals surface area contributed by atoms with E-state index in [2.05, 4.69) is 44.6 Å². The highest BCUT2D eigenvalue weighted by molar-refractivity contribution is 6.33. The van der Waals surface area contributed by atoms with E-state index >= 15 is 0 Å². The molecular formula is C22H26ClN5O3. The number of hydrogen-bond acceptors (Lipinski definition) is 5. The highest BCUT2D eigenvalue weighted by Crippen LogP contribution is 2.30. The molecule has 1 saturated heterocycles. The first-order chi connectivity index (χ1) is 14.9. The van der Waals surface area contributed by atoms with Crippen molar-refractivity contribution in [1.82, 2.24) is 20.1 Å². The van der Waals surface area contributed by atoms with Gasteiger partial charge in [-0.15, -0.1) is 0 Å². The van der Waals surface area contributed by atoms with Gasteiger partial charge in [0.25, 0.3) is 12.4 Å². The van der Waals surface area contributed by atoms with Crippen LogP contribution < -0.4 is 10.2 Å². The van der Waals surface area contributed by atoms with E-state index in [1.165, 1.54) is 22.0 Å². The Morgan fingerprint density at radius 2 is 2.00 bits per heavy atom. The summed E-state index contributed by atoms with van der Waals surface area (Å²) in [7, 11) is 1.72. The molecule has 0 atom stereocenters. The van der Waals surface area contributed by atoms with Crippen molar-refractivity contribution in [3.8, 4) is 0 Å². The Balaban J connectivity index is 0.000000858. The molecule has 0 spiro atoms. The molecule has 3 heterocycles. The second kappa shape index (κ2) is 10.3. The normalized spacial score (nSPS) is 14.1. The van der Waals surface area contributed by atoms with Gasteiger partial charge in [0.2, 0.25) is 0 Å². The maximum atomic E-state index is 12.4. The van der Waals surface area contributed by atoms with Gasteiger partial charge in [-0.1, -0.05) is 29.8 Å². The molecule has 0 radical (unpaired) electrons. The van der Waals surface area contributed by atoms with Gasteiger partial charge < -0.3 is 15.3 Å². The molecule has 1 amide bonds. The van der Waals surface area contributed by atoms with E-state index in [0.29, 0.717) is 23.2 Å². The second-order valence-corrected chi connectivity index (χ2v) is 7.92. The average Bonchev–Trinajstić information content (AvgIpc) is 3.10. The molecule has 2 N–H and O–H groups in total. The fourth-order valence-electron chi connectivity index (χ4n) is 3.91. The van der Waals surface area contributed by atoms with E-state index in [1.807, 2.05) is 13.0 Å². The number of carbonyl (C=O) groups is 2. The summed E-state index contributed by atoms with van der Waals surface area (Å²) in [5.74, 6) is 0.296. The Morgan fingerprint density at radius 3 is 2.65 bits per heavy atom. The molecule has 1 aliphatic rings. The van der Waals surface area contributed by atoms with Crippen molar-refractivity contribution >= 4 is 40.6 Å². The fourth-order valence-corrected chi connectivity index (χ4v) is 4.16. The van der Waals surface area contributed by atoms with Crippen LogP contribution in [-0.2, 0) is 11.8 Å². The number of aryl methyl sites for hydroxylation is 2. The van der Waals surface area contributed by atoms with Gasteiger partial charge in [0.05, 0.1) is 16.7 Å². The summed E-state index contributed by atoms with van der Waals surface area (Å²) in [4.78, 5) is 27.8. The number of anilines is 1. The maximum absolute atomic E-state index is 12.4. The van der Waals surface area contributed by atoms with Crippen LogP contribution in [0.25, 0.3) is 10.9 Å². The third-order valence-electron chi connectivity index (χ3n) is 5.44. The molecule has 0 bridgehead atoms. The Hall–Kier alpha value is -3.13. The number of halogens is 1. The molecule has 8 nitrogen and oxygen atoms in total. The van der Waals surface area contributed by atoms with Crippen LogP contribution >= 0.6 is 11.6 Å². The number of rotatable bonds is 4. The zero-order valence-electron chi connectivity index (χ0n) is 17.6. The van der Waals surface area contributed by atoms with Crippen LogP contribution in [0.1, 0.15) is 29.0 Å². The van der Waals surface area contributed by atoms with E-state index in [4.69, 9.17) is 21.5 Å². The standard InChI is InChI=1S/C21H24ClN5O.CH2O2/c1-14-11-19(16-5-3-4-6-18(16)25-14)27-9-7-15(8-10-27)12-23-21(28)20-17(22)13-24-26(20)2;2-1-3/h3-6,11,13,15H,7-10,12H2,1-2H3,(H,23,28);1H,(H,2,3). The molecule has 1 fully saturated rings. The lowest BCUT2D eigenvalue weighted by atomic mass is 9.96. The minimum Gasteiger partial charge on any atom is -0.483 e. The Bertz CT molecular complexity index is 1040. The van der Waals surface area contributed by atoms with E-state index in [9.17, 15) is 4.79 Å². The molecule has 0 unspecified atom stereocenters. The van der Waals surface area contributed by atoms with Crippen molar-refractivity contribution in [3.63, 3.8) is 0 Å². The third-order valence-corrected chi connectivity index (χ3v) is 5.71. The van der Waals surface area contributed by atoms with Gasteiger partial charge in [0.15, 0.2) is 0 Å². The quantitative estimate of drug-likeness (QED) is 0.600. The molecule has 0 aliphatic carbocycles. The monoisotopic (exact) mass is 443 g/mol. The van der Waals surface area contributed by atoms with Crippen LogP contribution in [0.4, 0.5) is 5.69 Å². The number of hydrogen-bond donors (Lipinski definition) is 2. The Labute approximate surface area is 185 Å². The predicted octanol–water partition coefficient (Wildman–Crippen LogP) is 3.28. The summed E-state index contributed by atoms with van der Waals surface area (Å²) in [5, 5.41) is 15.5. The van der Waals surface area contributed by atoms with Crippen LogP contribution in [0, 0.1) is 12.8 Å². The fraction of sp³-hybridized carbons (Fsp3) is 0.364. The van der Waals surface area contributed by atoms with Crippen molar-refractivity contribution in [3.05, 3.63) is 52.9 Å². The molecule has 31 heavy (non-hydrogen) atoms. The topological polar surface area (TPSA) is 100 Å². The predicted molar refractivity (Wildman–Crippen MR) is 121 cm³/mol. The molecule has 9 heteroatoms. The van der Waals surface area contributed by atoms with Crippen molar-refractivity contribution in [2.75, 3.05) is 24.5 Å². The summed E-state index contributed by atoms with van der Waals surface area (Å²) >= 11 is 6.05. The lowest BCUT2D eigenvalue weighted by molar-refractivity contribution is -0.122. The highest BCUT2D eigenvalue weighted by atomic mass is 35.5. The molecule has 4 rings (SSSR count). The first kappa shape index (κ1) is 22.6. The summed E-state index contributed by atoms with van der Waals surface area (Å²) < 4.78 is 1.51. The average molecular weight is 444 g/mol. The molecule has 3 aromatic rings. The molecule has 2 aromatic heterocycles. The first-order valence-corrected chi connectivity index (χ1v) is 10.5. The van der Waals surface area contributed by atoms with Crippen LogP contribution in [0.15, 0.2) is 36.5 Å². The SMILES string of the molecule is Cc1cc(N2CCC(CNC(=O)c3c(Cl)cnn3C)CC2)c2ccccc2n1.O=CO. The zero-order chi connectivity index (χ0) is 22.4. The number of fused-ring (bicyclic) bond motifs is 1.